The van der Waals surface area contributed by atoms with Crippen molar-refractivity contribution in [3.05, 3.63) is 114 Å². The number of ether oxygens (including phenoxy) is 1. The number of hydrogen-bond acceptors (Lipinski definition) is 2. The molecule has 4 nitrogen and oxygen atoms in total. The van der Waals surface area contributed by atoms with Crippen LogP contribution in [-0.4, -0.2) is 16.7 Å². The first kappa shape index (κ1) is 18.5. The molecular weight excluding hydrogens is 358 g/mol. The highest BCUT2D eigenvalue weighted by atomic mass is 16.5. The van der Waals surface area contributed by atoms with Crippen molar-refractivity contribution in [1.29, 1.82) is 0 Å². The van der Waals surface area contributed by atoms with Crippen LogP contribution in [0.25, 0.3) is 16.0 Å². The van der Waals surface area contributed by atoms with Crippen LogP contribution >= 0.6 is 0 Å². The van der Waals surface area contributed by atoms with Crippen LogP contribution in [0.1, 0.15) is 16.8 Å². The van der Waals surface area contributed by atoms with Crippen LogP contribution in [0, 0.1) is 6.57 Å². The Kier molecular flexibility index (Phi) is 5.40. The van der Waals surface area contributed by atoms with Gasteiger partial charge in [0.25, 0.3) is 0 Å². The molecule has 0 aliphatic carbocycles. The summed E-state index contributed by atoms with van der Waals surface area (Å²) < 4.78 is 7.64. The lowest BCUT2D eigenvalue weighted by Crippen LogP contribution is -2.04. The molecule has 0 aliphatic heterocycles. The van der Waals surface area contributed by atoms with E-state index in [0.29, 0.717) is 5.69 Å². The van der Waals surface area contributed by atoms with E-state index in [0.717, 1.165) is 35.5 Å². The third-order valence-corrected chi connectivity index (χ3v) is 4.97. The Morgan fingerprint density at radius 2 is 1.66 bits per heavy atom. The first-order valence-electron chi connectivity index (χ1n) is 9.44. The second kappa shape index (κ2) is 8.45. The summed E-state index contributed by atoms with van der Waals surface area (Å²) in [4.78, 5) is 7.78. The van der Waals surface area contributed by atoms with Crippen LogP contribution in [-0.2, 0) is 13.0 Å². The van der Waals surface area contributed by atoms with Crippen molar-refractivity contribution in [2.24, 2.45) is 0 Å². The molecule has 0 spiro atoms. The molecule has 4 rings (SSSR count). The summed E-state index contributed by atoms with van der Waals surface area (Å²) in [6.07, 6.45) is 4.57. The fourth-order valence-electron chi connectivity index (χ4n) is 3.40. The number of benzene rings is 3. The van der Waals surface area contributed by atoms with Gasteiger partial charge in [0.2, 0.25) is 0 Å². The van der Waals surface area contributed by atoms with E-state index in [-0.39, 0.29) is 0 Å². The predicted octanol–water partition coefficient (Wildman–Crippen LogP) is 5.75. The SMILES string of the molecule is [C-]#[N+]c1ccc(Cc2cncn2Cc2ccc(-c3ccccc3OC)cc2)cc1. The quantitative estimate of drug-likeness (QED) is 0.400. The molecule has 0 unspecified atom stereocenters. The minimum absolute atomic E-state index is 0.664. The zero-order valence-electron chi connectivity index (χ0n) is 16.2. The number of imidazole rings is 1. The van der Waals surface area contributed by atoms with Gasteiger partial charge in [0.05, 0.1) is 20.0 Å². The first-order chi connectivity index (χ1) is 14.3. The number of para-hydroxylation sites is 1. The Bertz CT molecular complexity index is 1140. The summed E-state index contributed by atoms with van der Waals surface area (Å²) in [5.41, 5.74) is 6.42. The fraction of sp³-hybridized carbons (Fsp3) is 0.120. The van der Waals surface area contributed by atoms with Gasteiger partial charge in [0.15, 0.2) is 5.69 Å². The van der Waals surface area contributed by atoms with Gasteiger partial charge in [-0.1, -0.05) is 66.7 Å². The summed E-state index contributed by atoms with van der Waals surface area (Å²) in [6, 6.07) is 24.3. The lowest BCUT2D eigenvalue weighted by atomic mass is 10.0. The average Bonchev–Trinajstić information content (AvgIpc) is 3.21. The second-order valence-corrected chi connectivity index (χ2v) is 6.87. The van der Waals surface area contributed by atoms with Crippen LogP contribution in [0.3, 0.4) is 0 Å². The van der Waals surface area contributed by atoms with Crippen LogP contribution in [0.15, 0.2) is 85.3 Å². The van der Waals surface area contributed by atoms with E-state index < -0.39 is 0 Å². The van der Waals surface area contributed by atoms with Gasteiger partial charge in [-0.2, -0.15) is 0 Å². The minimum Gasteiger partial charge on any atom is -0.496 e. The molecule has 0 bridgehead atoms. The third-order valence-electron chi connectivity index (χ3n) is 4.97. The molecule has 3 aromatic carbocycles. The van der Waals surface area contributed by atoms with E-state index in [1.165, 1.54) is 11.1 Å². The lowest BCUT2D eigenvalue weighted by Gasteiger charge is -2.11. The van der Waals surface area contributed by atoms with Gasteiger partial charge in [0, 0.05) is 30.4 Å². The Labute approximate surface area is 170 Å². The molecule has 29 heavy (non-hydrogen) atoms. The Balaban J connectivity index is 1.50. The Morgan fingerprint density at radius 1 is 0.931 bits per heavy atom. The molecule has 0 fully saturated rings. The van der Waals surface area contributed by atoms with Crippen molar-refractivity contribution in [2.75, 3.05) is 7.11 Å². The van der Waals surface area contributed by atoms with Gasteiger partial charge in [-0.25, -0.2) is 9.83 Å². The monoisotopic (exact) mass is 379 g/mol. The minimum atomic E-state index is 0.664. The zero-order chi connectivity index (χ0) is 20.1. The van der Waals surface area contributed by atoms with Crippen molar-refractivity contribution in [2.45, 2.75) is 13.0 Å². The van der Waals surface area contributed by atoms with E-state index in [1.54, 1.807) is 7.11 Å². The number of rotatable bonds is 6. The van der Waals surface area contributed by atoms with Gasteiger partial charge in [-0.05, 0) is 22.8 Å². The first-order valence-corrected chi connectivity index (χ1v) is 9.44. The van der Waals surface area contributed by atoms with E-state index in [1.807, 2.05) is 55.0 Å². The highest BCUT2D eigenvalue weighted by molar-refractivity contribution is 5.70. The smallest absolute Gasteiger partial charge is 0.187 e. The van der Waals surface area contributed by atoms with Crippen LogP contribution < -0.4 is 4.74 Å². The Hall–Kier alpha value is -3.84. The van der Waals surface area contributed by atoms with E-state index in [2.05, 4.69) is 44.7 Å². The van der Waals surface area contributed by atoms with Crippen LogP contribution in [0.4, 0.5) is 5.69 Å². The molecule has 0 saturated heterocycles. The topological polar surface area (TPSA) is 31.4 Å². The molecule has 0 amide bonds. The molecule has 4 heteroatoms. The summed E-state index contributed by atoms with van der Waals surface area (Å²) >= 11 is 0. The standard InChI is InChI=1S/C25H21N3O/c1-26-22-13-9-19(10-14-22)15-23-16-27-18-28(23)17-20-7-11-21(12-8-20)24-5-3-4-6-25(24)29-2/h3-14,16,18H,15,17H2,2H3. The van der Waals surface area contributed by atoms with E-state index in [4.69, 9.17) is 11.3 Å². The van der Waals surface area contributed by atoms with Crippen molar-refractivity contribution < 1.29 is 4.74 Å². The highest BCUT2D eigenvalue weighted by Crippen LogP contribution is 2.29. The molecule has 0 atom stereocenters. The van der Waals surface area contributed by atoms with Crippen molar-refractivity contribution in [3.8, 4) is 16.9 Å². The normalized spacial score (nSPS) is 10.5. The summed E-state index contributed by atoms with van der Waals surface area (Å²) in [6.45, 7) is 7.83. The van der Waals surface area contributed by atoms with Crippen LogP contribution in [0.5, 0.6) is 5.75 Å². The highest BCUT2D eigenvalue weighted by Gasteiger charge is 2.07. The van der Waals surface area contributed by atoms with Crippen molar-refractivity contribution in [3.63, 3.8) is 0 Å². The maximum absolute atomic E-state index is 7.07. The van der Waals surface area contributed by atoms with Gasteiger partial charge in [-0.3, -0.25) is 0 Å². The van der Waals surface area contributed by atoms with Gasteiger partial charge in [-0.15, -0.1) is 0 Å². The maximum atomic E-state index is 7.07. The van der Waals surface area contributed by atoms with E-state index >= 15 is 0 Å². The summed E-state index contributed by atoms with van der Waals surface area (Å²) in [7, 11) is 1.70. The fourth-order valence-corrected chi connectivity index (χ4v) is 3.40. The average molecular weight is 379 g/mol. The van der Waals surface area contributed by atoms with Gasteiger partial charge >= 0.3 is 0 Å². The Morgan fingerprint density at radius 3 is 2.38 bits per heavy atom. The van der Waals surface area contributed by atoms with Gasteiger partial charge in [0.1, 0.15) is 5.75 Å². The molecule has 1 aromatic heterocycles. The number of nitrogens with zero attached hydrogens (tertiary/aromatic N) is 3. The molecule has 4 aromatic rings. The largest absolute Gasteiger partial charge is 0.496 e. The number of hydrogen-bond donors (Lipinski definition) is 0. The number of aromatic nitrogens is 2. The van der Waals surface area contributed by atoms with Gasteiger partial charge < -0.3 is 9.30 Å². The maximum Gasteiger partial charge on any atom is 0.187 e. The number of methoxy groups -OCH3 is 1. The molecule has 0 saturated carbocycles. The van der Waals surface area contributed by atoms with Crippen LogP contribution in [0.2, 0.25) is 0 Å². The van der Waals surface area contributed by atoms with Crippen molar-refractivity contribution in [1.82, 2.24) is 9.55 Å². The molecule has 0 N–H and O–H groups in total. The van der Waals surface area contributed by atoms with E-state index in [9.17, 15) is 0 Å². The lowest BCUT2D eigenvalue weighted by molar-refractivity contribution is 0.416. The molecule has 0 radical (unpaired) electrons. The zero-order valence-corrected chi connectivity index (χ0v) is 16.2. The van der Waals surface area contributed by atoms with Crippen molar-refractivity contribution >= 4 is 5.69 Å². The predicted molar refractivity (Wildman–Crippen MR) is 115 cm³/mol. The molecular formula is C25H21N3O. The molecule has 142 valence electrons. The second-order valence-electron chi connectivity index (χ2n) is 6.87. The molecule has 0 aliphatic rings. The third kappa shape index (κ3) is 4.20. The summed E-state index contributed by atoms with van der Waals surface area (Å²) in [5, 5.41) is 0. The molecule has 1 heterocycles. The summed E-state index contributed by atoms with van der Waals surface area (Å²) in [5.74, 6) is 0.876.